The van der Waals surface area contributed by atoms with Gasteiger partial charge in [-0.1, -0.05) is 18.5 Å². The lowest BCUT2D eigenvalue weighted by atomic mass is 10.0. The number of piperidine rings is 1. The van der Waals surface area contributed by atoms with Crippen molar-refractivity contribution < 1.29 is 9.26 Å². The highest BCUT2D eigenvalue weighted by atomic mass is 16.5. The predicted octanol–water partition coefficient (Wildman–Crippen LogP) is 1.81. The van der Waals surface area contributed by atoms with Crippen molar-refractivity contribution >= 4 is 0 Å². The van der Waals surface area contributed by atoms with Crippen LogP contribution in [0.15, 0.2) is 4.52 Å². The van der Waals surface area contributed by atoms with Crippen LogP contribution in [0.5, 0.6) is 0 Å². The molecule has 1 aliphatic heterocycles. The second-order valence-electron chi connectivity index (χ2n) is 4.10. The van der Waals surface area contributed by atoms with Crippen LogP contribution in [0.3, 0.4) is 0 Å². The second kappa shape index (κ2) is 5.96. The predicted molar refractivity (Wildman–Crippen MR) is 58.8 cm³/mol. The summed E-state index contributed by atoms with van der Waals surface area (Å²) in [6, 6.07) is 0.262. The van der Waals surface area contributed by atoms with Crippen LogP contribution in [0.4, 0.5) is 0 Å². The molecule has 0 bridgehead atoms. The first kappa shape index (κ1) is 11.5. The van der Waals surface area contributed by atoms with Crippen LogP contribution in [-0.4, -0.2) is 23.3 Å². The van der Waals surface area contributed by atoms with Crippen LogP contribution < -0.4 is 5.32 Å². The number of hydrogen-bond donors (Lipinski definition) is 1. The molecule has 0 amide bonds. The Morgan fingerprint density at radius 2 is 2.44 bits per heavy atom. The Bertz CT molecular complexity index is 308. The second-order valence-corrected chi connectivity index (χ2v) is 4.10. The lowest BCUT2D eigenvalue weighted by Crippen LogP contribution is -2.27. The van der Waals surface area contributed by atoms with Gasteiger partial charge in [0.2, 0.25) is 0 Å². The fourth-order valence-electron chi connectivity index (χ4n) is 1.84. The summed E-state index contributed by atoms with van der Waals surface area (Å²) < 4.78 is 10.5. The summed E-state index contributed by atoms with van der Waals surface area (Å²) in [5, 5.41) is 7.38. The molecule has 1 atom stereocenters. The third-order valence-corrected chi connectivity index (χ3v) is 2.68. The molecule has 5 nitrogen and oxygen atoms in total. The summed E-state index contributed by atoms with van der Waals surface area (Å²) in [7, 11) is 0. The molecule has 1 aliphatic rings. The maximum absolute atomic E-state index is 5.35. The number of ether oxygens (including phenoxy) is 1. The summed E-state index contributed by atoms with van der Waals surface area (Å²) in [5.41, 5.74) is 0. The van der Waals surface area contributed by atoms with E-state index >= 15 is 0 Å². The molecular weight excluding hydrogens is 206 g/mol. The Hall–Kier alpha value is -0.940. The van der Waals surface area contributed by atoms with Crippen molar-refractivity contribution in [3.63, 3.8) is 0 Å². The molecule has 90 valence electrons. The quantitative estimate of drug-likeness (QED) is 0.774. The summed E-state index contributed by atoms with van der Waals surface area (Å²) in [5.74, 6) is 1.35. The molecule has 0 radical (unpaired) electrons. The maximum Gasteiger partial charge on any atom is 0.252 e. The highest BCUT2D eigenvalue weighted by molar-refractivity contribution is 4.95. The third kappa shape index (κ3) is 3.02. The van der Waals surface area contributed by atoms with Crippen molar-refractivity contribution in [3.05, 3.63) is 11.7 Å². The minimum absolute atomic E-state index is 0.262. The molecule has 0 saturated carbocycles. The van der Waals surface area contributed by atoms with E-state index in [1.165, 1.54) is 12.8 Å². The van der Waals surface area contributed by atoms with Crippen molar-refractivity contribution in [1.29, 1.82) is 0 Å². The minimum atomic E-state index is 0.262. The Morgan fingerprint density at radius 3 is 3.19 bits per heavy atom. The fourth-order valence-corrected chi connectivity index (χ4v) is 1.84. The van der Waals surface area contributed by atoms with E-state index in [-0.39, 0.29) is 6.04 Å². The lowest BCUT2D eigenvalue weighted by molar-refractivity contribution is 0.0981. The van der Waals surface area contributed by atoms with Gasteiger partial charge in [-0.25, -0.2) is 0 Å². The molecule has 1 N–H and O–H groups in total. The Kier molecular flexibility index (Phi) is 4.30. The lowest BCUT2D eigenvalue weighted by Gasteiger charge is -2.19. The van der Waals surface area contributed by atoms with Gasteiger partial charge in [0.15, 0.2) is 5.82 Å². The molecular formula is C11H19N3O2. The van der Waals surface area contributed by atoms with Gasteiger partial charge in [-0.15, -0.1) is 0 Å². The molecule has 2 rings (SSSR count). The van der Waals surface area contributed by atoms with Crippen LogP contribution in [0, 0.1) is 0 Å². The monoisotopic (exact) mass is 225 g/mol. The first-order chi connectivity index (χ1) is 7.90. The number of nitrogens with one attached hydrogen (secondary N) is 1. The van der Waals surface area contributed by atoms with Crippen molar-refractivity contribution in [2.24, 2.45) is 0 Å². The van der Waals surface area contributed by atoms with Gasteiger partial charge in [0.25, 0.3) is 5.89 Å². The van der Waals surface area contributed by atoms with E-state index < -0.39 is 0 Å². The summed E-state index contributed by atoms with van der Waals surface area (Å²) in [6.45, 7) is 4.28. The van der Waals surface area contributed by atoms with Gasteiger partial charge < -0.3 is 14.6 Å². The highest BCUT2D eigenvalue weighted by Gasteiger charge is 2.20. The smallest absolute Gasteiger partial charge is 0.252 e. The molecule has 0 aromatic carbocycles. The zero-order chi connectivity index (χ0) is 11.2. The molecule has 2 heterocycles. The fraction of sp³-hybridized carbons (Fsp3) is 0.818. The van der Waals surface area contributed by atoms with Crippen LogP contribution >= 0.6 is 0 Å². The largest absolute Gasteiger partial charge is 0.372 e. The SMILES string of the molecule is CCCOCc1nc(C2CCCCN2)no1. The Morgan fingerprint density at radius 1 is 1.50 bits per heavy atom. The van der Waals surface area contributed by atoms with E-state index in [2.05, 4.69) is 22.4 Å². The highest BCUT2D eigenvalue weighted by Crippen LogP contribution is 2.20. The first-order valence-corrected chi connectivity index (χ1v) is 6.03. The molecule has 0 spiro atoms. The van der Waals surface area contributed by atoms with Gasteiger partial charge in [-0.05, 0) is 25.8 Å². The number of rotatable bonds is 5. The van der Waals surface area contributed by atoms with E-state index in [1.807, 2.05) is 0 Å². The van der Waals surface area contributed by atoms with Crippen molar-refractivity contribution in [1.82, 2.24) is 15.5 Å². The summed E-state index contributed by atoms with van der Waals surface area (Å²) >= 11 is 0. The molecule has 5 heteroatoms. The number of aromatic nitrogens is 2. The number of nitrogens with zero attached hydrogens (tertiary/aromatic N) is 2. The van der Waals surface area contributed by atoms with Gasteiger partial charge >= 0.3 is 0 Å². The van der Waals surface area contributed by atoms with Crippen LogP contribution in [0.25, 0.3) is 0 Å². The van der Waals surface area contributed by atoms with E-state index in [9.17, 15) is 0 Å². The zero-order valence-electron chi connectivity index (χ0n) is 9.74. The van der Waals surface area contributed by atoms with Crippen LogP contribution in [-0.2, 0) is 11.3 Å². The average Bonchev–Trinajstić information content (AvgIpc) is 2.79. The maximum atomic E-state index is 5.35. The average molecular weight is 225 g/mol. The summed E-state index contributed by atoms with van der Waals surface area (Å²) in [6.07, 6.45) is 4.56. The topological polar surface area (TPSA) is 60.2 Å². The van der Waals surface area contributed by atoms with Crippen LogP contribution in [0.1, 0.15) is 50.4 Å². The van der Waals surface area contributed by atoms with E-state index in [0.29, 0.717) is 12.5 Å². The van der Waals surface area contributed by atoms with Gasteiger partial charge in [-0.2, -0.15) is 4.98 Å². The molecule has 1 aromatic rings. The Balaban J connectivity index is 1.85. The van der Waals surface area contributed by atoms with E-state index in [0.717, 1.165) is 31.8 Å². The van der Waals surface area contributed by atoms with Gasteiger partial charge in [0.1, 0.15) is 6.61 Å². The third-order valence-electron chi connectivity index (χ3n) is 2.68. The van der Waals surface area contributed by atoms with E-state index in [1.54, 1.807) is 0 Å². The zero-order valence-corrected chi connectivity index (χ0v) is 9.74. The molecule has 1 unspecified atom stereocenters. The molecule has 0 aliphatic carbocycles. The molecule has 1 saturated heterocycles. The van der Waals surface area contributed by atoms with Crippen molar-refractivity contribution in [2.75, 3.05) is 13.2 Å². The van der Waals surface area contributed by atoms with Gasteiger partial charge in [0, 0.05) is 6.61 Å². The summed E-state index contributed by atoms with van der Waals surface area (Å²) in [4.78, 5) is 4.34. The van der Waals surface area contributed by atoms with Gasteiger partial charge in [0.05, 0.1) is 6.04 Å². The van der Waals surface area contributed by atoms with Crippen molar-refractivity contribution in [2.45, 2.75) is 45.3 Å². The molecule has 1 fully saturated rings. The van der Waals surface area contributed by atoms with Gasteiger partial charge in [-0.3, -0.25) is 0 Å². The normalized spacial score (nSPS) is 21.2. The standard InChI is InChI=1S/C11H19N3O2/c1-2-7-15-8-10-13-11(14-16-10)9-5-3-4-6-12-9/h9,12H,2-8H2,1H3. The van der Waals surface area contributed by atoms with Crippen molar-refractivity contribution in [3.8, 4) is 0 Å². The van der Waals surface area contributed by atoms with E-state index in [4.69, 9.17) is 9.26 Å². The Labute approximate surface area is 95.6 Å². The van der Waals surface area contributed by atoms with Crippen LogP contribution in [0.2, 0.25) is 0 Å². The molecule has 16 heavy (non-hydrogen) atoms. The minimum Gasteiger partial charge on any atom is -0.372 e. The molecule has 1 aromatic heterocycles. The number of hydrogen-bond acceptors (Lipinski definition) is 5. The first-order valence-electron chi connectivity index (χ1n) is 6.03.